The van der Waals surface area contributed by atoms with E-state index in [9.17, 15) is 19.3 Å². The maximum atomic E-state index is 13.5. The van der Waals surface area contributed by atoms with Gasteiger partial charge < -0.3 is 10.6 Å². The maximum absolute atomic E-state index is 13.5. The fraction of sp³-hybridized carbons (Fsp3) is 0.188. The van der Waals surface area contributed by atoms with E-state index < -0.39 is 16.6 Å². The van der Waals surface area contributed by atoms with Gasteiger partial charge in [0.05, 0.1) is 21.2 Å². The molecule has 2 aromatic rings. The van der Waals surface area contributed by atoms with Gasteiger partial charge in [0.1, 0.15) is 5.82 Å². The van der Waals surface area contributed by atoms with Crippen LogP contribution in [-0.2, 0) is 0 Å². The van der Waals surface area contributed by atoms with E-state index in [1.54, 1.807) is 13.0 Å². The van der Waals surface area contributed by atoms with Gasteiger partial charge in [-0.1, -0.05) is 23.7 Å². The molecule has 24 heavy (non-hydrogen) atoms. The van der Waals surface area contributed by atoms with Crippen molar-refractivity contribution in [2.24, 2.45) is 0 Å². The summed E-state index contributed by atoms with van der Waals surface area (Å²) in [6.07, 6.45) is 0. The molecule has 0 aliphatic rings. The molecule has 0 aliphatic heterocycles. The second-order valence-corrected chi connectivity index (χ2v) is 5.45. The number of anilines is 1. The minimum absolute atomic E-state index is 0.0259. The summed E-state index contributed by atoms with van der Waals surface area (Å²) in [5.41, 5.74) is 1.06. The van der Waals surface area contributed by atoms with Crippen molar-refractivity contribution >= 4 is 28.9 Å². The zero-order valence-electron chi connectivity index (χ0n) is 12.8. The molecule has 8 heteroatoms. The van der Waals surface area contributed by atoms with E-state index in [2.05, 4.69) is 10.6 Å². The Bertz CT molecular complexity index is 760. The van der Waals surface area contributed by atoms with Crippen LogP contribution in [0.1, 0.15) is 15.9 Å². The van der Waals surface area contributed by atoms with Crippen LogP contribution in [0.2, 0.25) is 5.02 Å². The Labute approximate surface area is 142 Å². The van der Waals surface area contributed by atoms with E-state index in [1.165, 1.54) is 30.3 Å². The van der Waals surface area contributed by atoms with Gasteiger partial charge in [0, 0.05) is 25.2 Å². The van der Waals surface area contributed by atoms with E-state index in [0.29, 0.717) is 17.8 Å². The standard InChI is InChI=1S/C16H15ClFN3O3/c1-10-8-11(21(23)24)9-13(17)15(10)19-6-7-20-16(22)12-4-2-3-5-14(12)18/h2-5,8-9,19H,6-7H2,1H3,(H,20,22). The Morgan fingerprint density at radius 2 is 2.00 bits per heavy atom. The van der Waals surface area contributed by atoms with Crippen molar-refractivity contribution in [1.29, 1.82) is 0 Å². The van der Waals surface area contributed by atoms with E-state index >= 15 is 0 Å². The van der Waals surface area contributed by atoms with E-state index in [1.807, 2.05) is 0 Å². The summed E-state index contributed by atoms with van der Waals surface area (Å²) < 4.78 is 13.5. The van der Waals surface area contributed by atoms with E-state index in [4.69, 9.17) is 11.6 Å². The summed E-state index contributed by atoms with van der Waals surface area (Å²) in [5.74, 6) is -1.10. The van der Waals surface area contributed by atoms with Gasteiger partial charge in [-0.15, -0.1) is 0 Å². The molecule has 0 fully saturated rings. The number of rotatable bonds is 6. The van der Waals surface area contributed by atoms with Gasteiger partial charge in [0.2, 0.25) is 0 Å². The van der Waals surface area contributed by atoms with Crippen molar-refractivity contribution < 1.29 is 14.1 Å². The highest BCUT2D eigenvalue weighted by Gasteiger charge is 2.13. The fourth-order valence-corrected chi connectivity index (χ4v) is 2.49. The Kier molecular flexibility index (Phi) is 5.70. The molecule has 0 saturated heterocycles. The first kappa shape index (κ1) is 17.7. The van der Waals surface area contributed by atoms with Gasteiger partial charge in [0.15, 0.2) is 0 Å². The number of hydrogen-bond acceptors (Lipinski definition) is 4. The number of hydrogen-bond donors (Lipinski definition) is 2. The number of nitro benzene ring substituents is 1. The number of nitro groups is 1. The predicted octanol–water partition coefficient (Wildman–Crippen LogP) is 3.54. The maximum Gasteiger partial charge on any atom is 0.271 e. The van der Waals surface area contributed by atoms with Crippen LogP contribution in [0.5, 0.6) is 0 Å². The van der Waals surface area contributed by atoms with Gasteiger partial charge in [-0.05, 0) is 24.6 Å². The smallest absolute Gasteiger partial charge is 0.271 e. The molecule has 0 aliphatic carbocycles. The van der Waals surface area contributed by atoms with Crippen molar-refractivity contribution in [2.75, 3.05) is 18.4 Å². The van der Waals surface area contributed by atoms with Crippen molar-refractivity contribution in [3.05, 3.63) is 68.5 Å². The number of nitrogens with zero attached hydrogens (tertiary/aromatic N) is 1. The van der Waals surface area contributed by atoms with Crippen LogP contribution < -0.4 is 10.6 Å². The minimum Gasteiger partial charge on any atom is -0.382 e. The van der Waals surface area contributed by atoms with E-state index in [0.717, 1.165) is 0 Å². The number of carbonyl (C=O) groups is 1. The Morgan fingerprint density at radius 3 is 2.62 bits per heavy atom. The lowest BCUT2D eigenvalue weighted by atomic mass is 10.1. The van der Waals surface area contributed by atoms with Crippen LogP contribution >= 0.6 is 11.6 Å². The molecule has 0 unspecified atom stereocenters. The van der Waals surface area contributed by atoms with Crippen LogP contribution in [0.3, 0.4) is 0 Å². The zero-order valence-corrected chi connectivity index (χ0v) is 13.6. The molecule has 0 heterocycles. The van der Waals surface area contributed by atoms with Crippen molar-refractivity contribution in [1.82, 2.24) is 5.32 Å². The number of amides is 1. The third kappa shape index (κ3) is 4.20. The van der Waals surface area contributed by atoms with Crippen molar-refractivity contribution in [3.63, 3.8) is 0 Å². The van der Waals surface area contributed by atoms with Gasteiger partial charge in [0.25, 0.3) is 11.6 Å². The number of nitrogens with one attached hydrogen (secondary N) is 2. The molecule has 0 aromatic heterocycles. The molecule has 6 nitrogen and oxygen atoms in total. The average molecular weight is 352 g/mol. The van der Waals surface area contributed by atoms with Gasteiger partial charge in [-0.3, -0.25) is 14.9 Å². The summed E-state index contributed by atoms with van der Waals surface area (Å²) in [5, 5.41) is 16.6. The normalized spacial score (nSPS) is 10.3. The molecular formula is C16H15ClFN3O3. The highest BCUT2D eigenvalue weighted by atomic mass is 35.5. The van der Waals surface area contributed by atoms with Crippen molar-refractivity contribution in [3.8, 4) is 0 Å². The summed E-state index contributed by atoms with van der Waals surface area (Å²) in [4.78, 5) is 22.1. The SMILES string of the molecule is Cc1cc([N+](=O)[O-])cc(Cl)c1NCCNC(=O)c1ccccc1F. The Morgan fingerprint density at radius 1 is 1.29 bits per heavy atom. The molecule has 0 saturated carbocycles. The second kappa shape index (κ2) is 7.74. The molecule has 1 amide bonds. The van der Waals surface area contributed by atoms with E-state index in [-0.39, 0.29) is 22.8 Å². The highest BCUT2D eigenvalue weighted by Crippen LogP contribution is 2.30. The van der Waals surface area contributed by atoms with Gasteiger partial charge in [-0.2, -0.15) is 0 Å². The number of carbonyl (C=O) groups excluding carboxylic acids is 1. The quantitative estimate of drug-likeness (QED) is 0.473. The van der Waals surface area contributed by atoms with Crippen molar-refractivity contribution in [2.45, 2.75) is 6.92 Å². The van der Waals surface area contributed by atoms with Crippen LogP contribution in [0.15, 0.2) is 36.4 Å². The summed E-state index contributed by atoms with van der Waals surface area (Å²) in [6, 6.07) is 8.37. The summed E-state index contributed by atoms with van der Waals surface area (Å²) in [6.45, 7) is 2.26. The summed E-state index contributed by atoms with van der Waals surface area (Å²) in [7, 11) is 0. The Hall–Kier alpha value is -2.67. The lowest BCUT2D eigenvalue weighted by Gasteiger charge is -2.12. The molecule has 2 rings (SSSR count). The number of halogens is 2. The number of aryl methyl sites for hydroxylation is 1. The number of non-ortho nitro benzene ring substituents is 1. The second-order valence-electron chi connectivity index (χ2n) is 5.04. The van der Waals surface area contributed by atoms with Crippen LogP contribution in [0.4, 0.5) is 15.8 Å². The lowest BCUT2D eigenvalue weighted by molar-refractivity contribution is -0.384. The molecule has 0 spiro atoms. The zero-order chi connectivity index (χ0) is 17.7. The van der Waals surface area contributed by atoms with Gasteiger partial charge >= 0.3 is 0 Å². The molecule has 126 valence electrons. The van der Waals surface area contributed by atoms with Crippen LogP contribution in [-0.4, -0.2) is 23.9 Å². The lowest BCUT2D eigenvalue weighted by Crippen LogP contribution is -2.29. The third-order valence-electron chi connectivity index (χ3n) is 3.31. The molecule has 0 radical (unpaired) electrons. The molecular weight excluding hydrogens is 337 g/mol. The monoisotopic (exact) mass is 351 g/mol. The first-order valence-electron chi connectivity index (χ1n) is 7.11. The molecule has 2 N–H and O–H groups in total. The largest absolute Gasteiger partial charge is 0.382 e. The van der Waals surface area contributed by atoms with Crippen LogP contribution in [0, 0.1) is 22.9 Å². The fourth-order valence-electron chi connectivity index (χ4n) is 2.16. The first-order chi connectivity index (χ1) is 11.4. The third-order valence-corrected chi connectivity index (χ3v) is 3.61. The van der Waals surface area contributed by atoms with Crippen LogP contribution in [0.25, 0.3) is 0 Å². The number of benzene rings is 2. The highest BCUT2D eigenvalue weighted by molar-refractivity contribution is 6.33. The molecule has 2 aromatic carbocycles. The molecule has 0 bridgehead atoms. The summed E-state index contributed by atoms with van der Waals surface area (Å²) >= 11 is 6.03. The first-order valence-corrected chi connectivity index (χ1v) is 7.49. The minimum atomic E-state index is -0.586. The molecule has 0 atom stereocenters. The average Bonchev–Trinajstić information content (AvgIpc) is 2.53. The van der Waals surface area contributed by atoms with Gasteiger partial charge in [-0.25, -0.2) is 4.39 Å². The topological polar surface area (TPSA) is 84.3 Å². The predicted molar refractivity (Wildman–Crippen MR) is 90.1 cm³/mol. The Balaban J connectivity index is 1.92.